The molecule has 0 spiro atoms. The maximum Gasteiger partial charge on any atom is -0.00109 e. The molecule has 0 aromatic heterocycles. The van der Waals surface area contributed by atoms with Crippen LogP contribution in [0, 0.1) is 0 Å². The Hall–Kier alpha value is -1.60. The minimum Gasteiger partial charge on any atom is -0.330 e. The SMILES string of the molecule is CC(CN)c1ccc2c(c1)Cc1ccccc1-2. The number of hydrogen-bond acceptors (Lipinski definition) is 1. The number of rotatable bonds is 2. The zero-order valence-corrected chi connectivity index (χ0v) is 10.1. The summed E-state index contributed by atoms with van der Waals surface area (Å²) in [5.41, 5.74) is 12.8. The Balaban J connectivity index is 2.07. The Morgan fingerprint density at radius 3 is 2.65 bits per heavy atom. The van der Waals surface area contributed by atoms with Crippen molar-refractivity contribution in [2.45, 2.75) is 19.3 Å². The molecule has 1 atom stereocenters. The summed E-state index contributed by atoms with van der Waals surface area (Å²) < 4.78 is 0. The van der Waals surface area contributed by atoms with Gasteiger partial charge in [0.25, 0.3) is 0 Å². The predicted molar refractivity (Wildman–Crippen MR) is 72.2 cm³/mol. The molecule has 1 unspecified atom stereocenters. The summed E-state index contributed by atoms with van der Waals surface area (Å²) in [5.74, 6) is 0.448. The first-order chi connectivity index (χ1) is 8.29. The molecular weight excluding hydrogens is 206 g/mol. The van der Waals surface area contributed by atoms with Gasteiger partial charge in [0.05, 0.1) is 0 Å². The Bertz CT molecular complexity index is 557. The Morgan fingerprint density at radius 2 is 1.82 bits per heavy atom. The van der Waals surface area contributed by atoms with Gasteiger partial charge in [0, 0.05) is 0 Å². The van der Waals surface area contributed by atoms with Crippen molar-refractivity contribution in [3.05, 3.63) is 59.2 Å². The summed E-state index contributed by atoms with van der Waals surface area (Å²) in [7, 11) is 0. The van der Waals surface area contributed by atoms with E-state index in [1.165, 1.54) is 27.8 Å². The lowest BCUT2D eigenvalue weighted by atomic mass is 9.96. The molecule has 0 aliphatic heterocycles. The van der Waals surface area contributed by atoms with E-state index in [2.05, 4.69) is 49.4 Å². The monoisotopic (exact) mass is 223 g/mol. The first-order valence-electron chi connectivity index (χ1n) is 6.21. The summed E-state index contributed by atoms with van der Waals surface area (Å²) in [6.07, 6.45) is 1.07. The van der Waals surface area contributed by atoms with Crippen LogP contribution in [0.1, 0.15) is 29.5 Å². The van der Waals surface area contributed by atoms with Gasteiger partial charge in [-0.15, -0.1) is 0 Å². The maximum atomic E-state index is 5.73. The summed E-state index contributed by atoms with van der Waals surface area (Å²) >= 11 is 0. The molecule has 0 saturated carbocycles. The molecular formula is C16H17N. The fraction of sp³-hybridized carbons (Fsp3) is 0.250. The van der Waals surface area contributed by atoms with Crippen molar-refractivity contribution in [2.24, 2.45) is 5.73 Å². The average Bonchev–Trinajstić information content (AvgIpc) is 2.75. The second-order valence-electron chi connectivity index (χ2n) is 4.89. The summed E-state index contributed by atoms with van der Waals surface area (Å²) in [6.45, 7) is 2.90. The van der Waals surface area contributed by atoms with E-state index >= 15 is 0 Å². The molecule has 0 saturated heterocycles. The predicted octanol–water partition coefficient (Wildman–Crippen LogP) is 3.32. The van der Waals surface area contributed by atoms with Gasteiger partial charge in [-0.25, -0.2) is 0 Å². The highest BCUT2D eigenvalue weighted by Gasteiger charge is 2.18. The van der Waals surface area contributed by atoms with E-state index in [9.17, 15) is 0 Å². The third-order valence-electron chi connectivity index (χ3n) is 3.74. The molecule has 2 aromatic rings. The lowest BCUT2D eigenvalue weighted by molar-refractivity contribution is 0.773. The lowest BCUT2D eigenvalue weighted by Gasteiger charge is -2.10. The van der Waals surface area contributed by atoms with E-state index < -0.39 is 0 Å². The van der Waals surface area contributed by atoms with E-state index in [0.29, 0.717) is 12.5 Å². The van der Waals surface area contributed by atoms with E-state index in [4.69, 9.17) is 5.73 Å². The second kappa shape index (κ2) is 4.01. The molecule has 0 fully saturated rings. The Kier molecular flexibility index (Phi) is 2.49. The van der Waals surface area contributed by atoms with Crippen LogP contribution < -0.4 is 5.73 Å². The first kappa shape index (κ1) is 10.5. The van der Waals surface area contributed by atoms with Crippen LogP contribution >= 0.6 is 0 Å². The van der Waals surface area contributed by atoms with Crippen LogP contribution in [0.25, 0.3) is 11.1 Å². The van der Waals surface area contributed by atoms with Gasteiger partial charge in [0.2, 0.25) is 0 Å². The summed E-state index contributed by atoms with van der Waals surface area (Å²) in [5, 5.41) is 0. The molecule has 86 valence electrons. The highest BCUT2D eigenvalue weighted by Crippen LogP contribution is 2.37. The third kappa shape index (κ3) is 1.67. The van der Waals surface area contributed by atoms with Crippen LogP contribution in [-0.4, -0.2) is 6.54 Å². The zero-order valence-electron chi connectivity index (χ0n) is 10.1. The average molecular weight is 223 g/mol. The van der Waals surface area contributed by atoms with Crippen LogP contribution in [0.3, 0.4) is 0 Å². The molecule has 0 bridgehead atoms. The van der Waals surface area contributed by atoms with Crippen molar-refractivity contribution in [3.63, 3.8) is 0 Å². The standard InChI is InChI=1S/C16H17N/c1-11(10-17)12-6-7-16-14(8-12)9-13-4-2-3-5-15(13)16/h2-8,11H,9-10,17H2,1H3. The second-order valence-corrected chi connectivity index (χ2v) is 4.89. The highest BCUT2D eigenvalue weighted by molar-refractivity contribution is 5.76. The molecule has 2 aromatic carbocycles. The van der Waals surface area contributed by atoms with E-state index in [0.717, 1.165) is 6.42 Å². The smallest absolute Gasteiger partial charge is 0.00109 e. The molecule has 0 heterocycles. The Labute approximate surface area is 102 Å². The van der Waals surface area contributed by atoms with Gasteiger partial charge < -0.3 is 5.73 Å². The van der Waals surface area contributed by atoms with E-state index in [1.807, 2.05) is 0 Å². The van der Waals surface area contributed by atoms with Crippen molar-refractivity contribution in [3.8, 4) is 11.1 Å². The van der Waals surface area contributed by atoms with Crippen molar-refractivity contribution < 1.29 is 0 Å². The fourth-order valence-corrected chi connectivity index (χ4v) is 2.61. The van der Waals surface area contributed by atoms with Gasteiger partial charge in [-0.2, -0.15) is 0 Å². The number of nitrogens with two attached hydrogens (primary N) is 1. The molecule has 1 aliphatic carbocycles. The van der Waals surface area contributed by atoms with Gasteiger partial charge in [-0.1, -0.05) is 49.4 Å². The van der Waals surface area contributed by atoms with Crippen molar-refractivity contribution in [1.29, 1.82) is 0 Å². The highest BCUT2D eigenvalue weighted by atomic mass is 14.5. The van der Waals surface area contributed by atoms with Crippen molar-refractivity contribution >= 4 is 0 Å². The van der Waals surface area contributed by atoms with Crippen LogP contribution in [-0.2, 0) is 6.42 Å². The molecule has 1 aliphatic rings. The fourth-order valence-electron chi connectivity index (χ4n) is 2.61. The molecule has 3 rings (SSSR count). The minimum atomic E-state index is 0.448. The molecule has 0 amide bonds. The third-order valence-corrected chi connectivity index (χ3v) is 3.74. The number of benzene rings is 2. The molecule has 0 radical (unpaired) electrons. The van der Waals surface area contributed by atoms with Crippen LogP contribution in [0.4, 0.5) is 0 Å². The number of fused-ring (bicyclic) bond motifs is 3. The van der Waals surface area contributed by atoms with E-state index in [-0.39, 0.29) is 0 Å². The molecule has 1 heteroatoms. The lowest BCUT2D eigenvalue weighted by Crippen LogP contribution is -2.08. The van der Waals surface area contributed by atoms with Gasteiger partial charge in [-0.05, 0) is 46.7 Å². The Morgan fingerprint density at radius 1 is 1.06 bits per heavy atom. The van der Waals surface area contributed by atoms with Crippen LogP contribution in [0.15, 0.2) is 42.5 Å². The van der Waals surface area contributed by atoms with Gasteiger partial charge in [0.15, 0.2) is 0 Å². The van der Waals surface area contributed by atoms with Crippen molar-refractivity contribution in [2.75, 3.05) is 6.54 Å². The normalized spacial score (nSPS) is 14.2. The molecule has 17 heavy (non-hydrogen) atoms. The largest absolute Gasteiger partial charge is 0.330 e. The van der Waals surface area contributed by atoms with Crippen molar-refractivity contribution in [1.82, 2.24) is 0 Å². The number of hydrogen-bond donors (Lipinski definition) is 1. The quantitative estimate of drug-likeness (QED) is 0.708. The molecule has 1 nitrogen and oxygen atoms in total. The van der Waals surface area contributed by atoms with Crippen LogP contribution in [0.5, 0.6) is 0 Å². The van der Waals surface area contributed by atoms with Gasteiger partial charge in [-0.3, -0.25) is 0 Å². The minimum absolute atomic E-state index is 0.448. The summed E-state index contributed by atoms with van der Waals surface area (Å²) in [4.78, 5) is 0. The molecule has 2 N–H and O–H groups in total. The first-order valence-corrected chi connectivity index (χ1v) is 6.21. The topological polar surface area (TPSA) is 26.0 Å². The van der Waals surface area contributed by atoms with Gasteiger partial charge in [0.1, 0.15) is 0 Å². The zero-order chi connectivity index (χ0) is 11.8. The van der Waals surface area contributed by atoms with E-state index in [1.54, 1.807) is 0 Å². The van der Waals surface area contributed by atoms with Crippen LogP contribution in [0.2, 0.25) is 0 Å². The maximum absolute atomic E-state index is 5.73. The summed E-state index contributed by atoms with van der Waals surface area (Å²) in [6, 6.07) is 15.5. The van der Waals surface area contributed by atoms with Gasteiger partial charge >= 0.3 is 0 Å².